The SMILES string of the molecule is CC1CCC(C2CC(=O)c3cc(Cl)ccc3O2)O1. The zero-order chi connectivity index (χ0) is 12.7. The van der Waals surface area contributed by atoms with Gasteiger partial charge in [0, 0.05) is 5.02 Å². The normalized spacial score (nSPS) is 31.0. The number of ketones is 1. The number of hydrogen-bond acceptors (Lipinski definition) is 3. The molecule has 1 aromatic carbocycles. The van der Waals surface area contributed by atoms with Gasteiger partial charge < -0.3 is 9.47 Å². The van der Waals surface area contributed by atoms with Crippen LogP contribution in [0.25, 0.3) is 0 Å². The van der Waals surface area contributed by atoms with E-state index in [2.05, 4.69) is 6.92 Å². The molecular formula is C14H15ClO3. The predicted octanol–water partition coefficient (Wildman–Crippen LogP) is 3.24. The Morgan fingerprint density at radius 2 is 2.11 bits per heavy atom. The molecule has 0 radical (unpaired) electrons. The molecule has 0 aliphatic carbocycles. The van der Waals surface area contributed by atoms with Crippen molar-refractivity contribution in [1.29, 1.82) is 0 Å². The van der Waals surface area contributed by atoms with Crippen LogP contribution in [0.15, 0.2) is 18.2 Å². The first kappa shape index (κ1) is 12.0. The van der Waals surface area contributed by atoms with Gasteiger partial charge in [0.05, 0.1) is 24.2 Å². The van der Waals surface area contributed by atoms with Crippen LogP contribution in [0.2, 0.25) is 5.02 Å². The molecule has 2 aliphatic rings. The lowest BCUT2D eigenvalue weighted by Crippen LogP contribution is -2.37. The molecule has 96 valence electrons. The van der Waals surface area contributed by atoms with Crippen molar-refractivity contribution in [3.63, 3.8) is 0 Å². The number of halogens is 1. The number of fused-ring (bicyclic) bond motifs is 1. The van der Waals surface area contributed by atoms with Gasteiger partial charge in [0.2, 0.25) is 0 Å². The Morgan fingerprint density at radius 1 is 1.28 bits per heavy atom. The third-order valence-corrected chi connectivity index (χ3v) is 3.82. The Labute approximate surface area is 111 Å². The van der Waals surface area contributed by atoms with Gasteiger partial charge in [-0.25, -0.2) is 0 Å². The quantitative estimate of drug-likeness (QED) is 0.783. The molecule has 2 heterocycles. The lowest BCUT2D eigenvalue weighted by Gasteiger charge is -2.29. The standard InChI is InChI=1S/C14H15ClO3/c1-8-2-4-13(17-8)14-7-11(16)10-6-9(15)3-5-12(10)18-14/h3,5-6,8,13-14H,2,4,7H2,1H3. The molecule has 18 heavy (non-hydrogen) atoms. The van der Waals surface area contributed by atoms with Crippen molar-refractivity contribution in [1.82, 2.24) is 0 Å². The maximum Gasteiger partial charge on any atom is 0.170 e. The summed E-state index contributed by atoms with van der Waals surface area (Å²) >= 11 is 5.89. The molecule has 3 atom stereocenters. The molecule has 1 aromatic rings. The zero-order valence-electron chi connectivity index (χ0n) is 10.2. The van der Waals surface area contributed by atoms with Crippen LogP contribution < -0.4 is 4.74 Å². The number of carbonyl (C=O) groups is 1. The fourth-order valence-corrected chi connectivity index (χ4v) is 2.81. The van der Waals surface area contributed by atoms with Gasteiger partial charge in [-0.05, 0) is 38.0 Å². The number of benzene rings is 1. The van der Waals surface area contributed by atoms with Crippen LogP contribution in [0.4, 0.5) is 0 Å². The number of carbonyl (C=O) groups excluding carboxylic acids is 1. The second kappa shape index (κ2) is 4.56. The van der Waals surface area contributed by atoms with Gasteiger partial charge in [0.25, 0.3) is 0 Å². The summed E-state index contributed by atoms with van der Waals surface area (Å²) in [6, 6.07) is 5.18. The van der Waals surface area contributed by atoms with E-state index in [1.165, 1.54) is 0 Å². The highest BCUT2D eigenvalue weighted by Gasteiger charge is 2.36. The fraction of sp³-hybridized carbons (Fsp3) is 0.500. The Balaban J connectivity index is 1.83. The van der Waals surface area contributed by atoms with Crippen molar-refractivity contribution < 1.29 is 14.3 Å². The van der Waals surface area contributed by atoms with Crippen LogP contribution in [0.5, 0.6) is 5.75 Å². The first-order valence-electron chi connectivity index (χ1n) is 6.28. The minimum atomic E-state index is -0.156. The fourth-order valence-electron chi connectivity index (χ4n) is 2.63. The highest BCUT2D eigenvalue weighted by Crippen LogP contribution is 2.34. The highest BCUT2D eigenvalue weighted by molar-refractivity contribution is 6.31. The van der Waals surface area contributed by atoms with Gasteiger partial charge in [-0.2, -0.15) is 0 Å². The molecule has 3 rings (SSSR count). The van der Waals surface area contributed by atoms with Gasteiger partial charge in [-0.1, -0.05) is 11.6 Å². The van der Waals surface area contributed by atoms with Crippen LogP contribution in [-0.4, -0.2) is 24.1 Å². The minimum Gasteiger partial charge on any atom is -0.486 e. The average Bonchev–Trinajstić information content (AvgIpc) is 2.77. The highest BCUT2D eigenvalue weighted by atomic mass is 35.5. The van der Waals surface area contributed by atoms with E-state index in [1.807, 2.05) is 0 Å². The summed E-state index contributed by atoms with van der Waals surface area (Å²) in [5, 5.41) is 0.565. The third kappa shape index (κ3) is 2.13. The van der Waals surface area contributed by atoms with E-state index in [-0.39, 0.29) is 24.1 Å². The monoisotopic (exact) mass is 266 g/mol. The second-order valence-corrected chi connectivity index (χ2v) is 5.42. The molecule has 0 aromatic heterocycles. The molecular weight excluding hydrogens is 252 g/mol. The van der Waals surface area contributed by atoms with Crippen LogP contribution in [-0.2, 0) is 4.74 Å². The van der Waals surface area contributed by atoms with Crippen molar-refractivity contribution in [2.45, 2.75) is 44.5 Å². The van der Waals surface area contributed by atoms with E-state index >= 15 is 0 Å². The Bertz CT molecular complexity index is 486. The van der Waals surface area contributed by atoms with E-state index in [0.29, 0.717) is 22.8 Å². The summed E-state index contributed by atoms with van der Waals surface area (Å²) in [6.45, 7) is 2.05. The van der Waals surface area contributed by atoms with Crippen molar-refractivity contribution in [2.24, 2.45) is 0 Å². The van der Waals surface area contributed by atoms with Crippen molar-refractivity contribution >= 4 is 17.4 Å². The summed E-state index contributed by atoms with van der Waals surface area (Å²) in [5.41, 5.74) is 0.588. The van der Waals surface area contributed by atoms with Crippen molar-refractivity contribution in [3.8, 4) is 5.75 Å². The molecule has 1 saturated heterocycles. The van der Waals surface area contributed by atoms with Crippen LogP contribution in [0.1, 0.15) is 36.5 Å². The zero-order valence-corrected chi connectivity index (χ0v) is 10.9. The predicted molar refractivity (Wildman–Crippen MR) is 68.4 cm³/mol. The Morgan fingerprint density at radius 3 is 2.83 bits per heavy atom. The third-order valence-electron chi connectivity index (χ3n) is 3.59. The second-order valence-electron chi connectivity index (χ2n) is 4.99. The molecule has 0 spiro atoms. The van der Waals surface area contributed by atoms with Crippen LogP contribution in [0.3, 0.4) is 0 Å². The van der Waals surface area contributed by atoms with Gasteiger partial charge >= 0.3 is 0 Å². The number of Topliss-reactive ketones (excluding diaryl/α,β-unsaturated/α-hetero) is 1. The van der Waals surface area contributed by atoms with Crippen LogP contribution in [0, 0.1) is 0 Å². The van der Waals surface area contributed by atoms with E-state index in [4.69, 9.17) is 21.1 Å². The molecule has 0 amide bonds. The lowest BCUT2D eigenvalue weighted by atomic mass is 9.96. The maximum absolute atomic E-state index is 12.1. The first-order chi connectivity index (χ1) is 8.63. The summed E-state index contributed by atoms with van der Waals surface area (Å²) < 4.78 is 11.7. The summed E-state index contributed by atoms with van der Waals surface area (Å²) in [4.78, 5) is 12.1. The largest absolute Gasteiger partial charge is 0.486 e. The van der Waals surface area contributed by atoms with Gasteiger partial charge in [0.1, 0.15) is 11.9 Å². The number of hydrogen-bond donors (Lipinski definition) is 0. The smallest absolute Gasteiger partial charge is 0.170 e. The van der Waals surface area contributed by atoms with E-state index < -0.39 is 0 Å². The van der Waals surface area contributed by atoms with Crippen molar-refractivity contribution in [2.75, 3.05) is 0 Å². The minimum absolute atomic E-state index is 0.0350. The molecule has 4 heteroatoms. The molecule has 0 N–H and O–H groups in total. The topological polar surface area (TPSA) is 35.5 Å². The number of rotatable bonds is 1. The van der Waals surface area contributed by atoms with E-state index in [0.717, 1.165) is 12.8 Å². The summed E-state index contributed by atoms with van der Waals surface area (Å²) in [5.74, 6) is 0.718. The molecule has 2 aliphatic heterocycles. The molecule has 3 unspecified atom stereocenters. The Kier molecular flexibility index (Phi) is 3.04. The average molecular weight is 267 g/mol. The summed E-state index contributed by atoms with van der Waals surface area (Å²) in [6.07, 6.45) is 2.52. The molecule has 0 saturated carbocycles. The first-order valence-corrected chi connectivity index (χ1v) is 6.66. The molecule has 0 bridgehead atoms. The maximum atomic E-state index is 12.1. The lowest BCUT2D eigenvalue weighted by molar-refractivity contribution is -0.0214. The Hall–Kier alpha value is -1.06. The van der Waals surface area contributed by atoms with Crippen LogP contribution >= 0.6 is 11.6 Å². The molecule has 3 nitrogen and oxygen atoms in total. The number of ether oxygens (including phenoxy) is 2. The molecule has 1 fully saturated rings. The van der Waals surface area contributed by atoms with Crippen molar-refractivity contribution in [3.05, 3.63) is 28.8 Å². The van der Waals surface area contributed by atoms with E-state index in [1.54, 1.807) is 18.2 Å². The van der Waals surface area contributed by atoms with E-state index in [9.17, 15) is 4.79 Å². The summed E-state index contributed by atoms with van der Waals surface area (Å²) in [7, 11) is 0. The van der Waals surface area contributed by atoms with Gasteiger partial charge in [0.15, 0.2) is 5.78 Å². The van der Waals surface area contributed by atoms with Gasteiger partial charge in [-0.3, -0.25) is 4.79 Å². The van der Waals surface area contributed by atoms with Gasteiger partial charge in [-0.15, -0.1) is 0 Å².